The van der Waals surface area contributed by atoms with Crippen molar-refractivity contribution < 1.29 is 0 Å². The molecule has 0 heterocycles. The Morgan fingerprint density at radius 3 is 1.97 bits per heavy atom. The van der Waals surface area contributed by atoms with E-state index in [4.69, 9.17) is 0 Å². The molecule has 0 fully saturated rings. The summed E-state index contributed by atoms with van der Waals surface area (Å²) in [5.74, 6) is 0. The molecule has 0 amide bonds. The molecule has 2 aliphatic carbocycles. The lowest BCUT2D eigenvalue weighted by atomic mass is 9.78. The van der Waals surface area contributed by atoms with E-state index in [0.29, 0.717) is 0 Å². The molecule has 3 aromatic carbocycles. The minimum atomic E-state index is 0.171. The predicted octanol–water partition coefficient (Wildman–Crippen LogP) is 9.39. The lowest BCUT2D eigenvalue weighted by Crippen LogP contribution is -2.18. The standard InChI is InChI=1S/C23H24.C7H8.C2H6/c1-15-9-5-6-10-17(15)19-14-20-18-11-7-8-12-21(18)23(3,4)22(20)13-16(19)2;1-7-5-3-2-4-6-7;1-2/h5-7,9-11,13-14H,8,12H2,1-4H3;2-6H,1H3;1-2H3. The maximum absolute atomic E-state index is 2.44. The van der Waals surface area contributed by atoms with Crippen LogP contribution in [-0.4, -0.2) is 0 Å². The monoisotopic (exact) mass is 422 g/mol. The van der Waals surface area contributed by atoms with E-state index in [1.165, 1.54) is 57.4 Å². The number of aryl methyl sites for hydroxylation is 3. The van der Waals surface area contributed by atoms with Gasteiger partial charge in [-0.1, -0.05) is 112 Å². The Labute approximate surface area is 195 Å². The van der Waals surface area contributed by atoms with Crippen molar-refractivity contribution in [3.63, 3.8) is 0 Å². The molecule has 0 aliphatic heterocycles. The summed E-state index contributed by atoms with van der Waals surface area (Å²) in [6.45, 7) is 15.3. The highest BCUT2D eigenvalue weighted by molar-refractivity contribution is 5.89. The molecule has 0 nitrogen and oxygen atoms in total. The molecule has 0 bridgehead atoms. The fourth-order valence-corrected chi connectivity index (χ4v) is 4.88. The minimum Gasteiger partial charge on any atom is -0.0836 e. The van der Waals surface area contributed by atoms with Gasteiger partial charge in [-0.25, -0.2) is 0 Å². The van der Waals surface area contributed by atoms with Crippen LogP contribution in [0, 0.1) is 20.8 Å². The first-order chi connectivity index (χ1) is 15.4. The van der Waals surface area contributed by atoms with Gasteiger partial charge in [-0.2, -0.15) is 0 Å². The average Bonchev–Trinajstić information content (AvgIpc) is 3.03. The highest BCUT2D eigenvalue weighted by Gasteiger charge is 2.37. The van der Waals surface area contributed by atoms with Gasteiger partial charge in [-0.3, -0.25) is 0 Å². The topological polar surface area (TPSA) is 0 Å². The third kappa shape index (κ3) is 4.65. The smallest absolute Gasteiger partial charge is 0.0121 e. The third-order valence-electron chi connectivity index (χ3n) is 6.63. The van der Waals surface area contributed by atoms with Crippen LogP contribution in [0.4, 0.5) is 0 Å². The number of hydrogen-bond donors (Lipinski definition) is 0. The van der Waals surface area contributed by atoms with E-state index in [1.54, 1.807) is 5.57 Å². The molecule has 0 radical (unpaired) electrons. The maximum atomic E-state index is 2.44. The minimum absolute atomic E-state index is 0.171. The zero-order valence-electron chi connectivity index (χ0n) is 20.9. The number of allylic oxidation sites excluding steroid dienone is 4. The first kappa shape index (κ1) is 23.8. The van der Waals surface area contributed by atoms with Crippen LogP contribution in [0.15, 0.2) is 84.5 Å². The van der Waals surface area contributed by atoms with Crippen molar-refractivity contribution in [2.24, 2.45) is 0 Å². The van der Waals surface area contributed by atoms with Crippen LogP contribution in [-0.2, 0) is 5.41 Å². The molecule has 0 heteroatoms. The highest BCUT2D eigenvalue weighted by atomic mass is 14.4. The summed E-state index contributed by atoms with van der Waals surface area (Å²) in [4.78, 5) is 0. The number of rotatable bonds is 1. The molecule has 0 saturated carbocycles. The van der Waals surface area contributed by atoms with Crippen LogP contribution in [0.1, 0.15) is 68.4 Å². The van der Waals surface area contributed by atoms with Crippen molar-refractivity contribution in [2.45, 2.75) is 66.7 Å². The third-order valence-corrected chi connectivity index (χ3v) is 6.63. The van der Waals surface area contributed by atoms with Gasteiger partial charge in [-0.15, -0.1) is 0 Å². The Morgan fingerprint density at radius 1 is 0.688 bits per heavy atom. The Balaban J connectivity index is 0.000000272. The zero-order valence-corrected chi connectivity index (χ0v) is 20.9. The van der Waals surface area contributed by atoms with Gasteiger partial charge in [0.05, 0.1) is 0 Å². The van der Waals surface area contributed by atoms with Crippen LogP contribution in [0.3, 0.4) is 0 Å². The first-order valence-corrected chi connectivity index (χ1v) is 12.0. The summed E-state index contributed by atoms with van der Waals surface area (Å²) < 4.78 is 0. The Morgan fingerprint density at radius 2 is 1.34 bits per heavy atom. The summed E-state index contributed by atoms with van der Waals surface area (Å²) >= 11 is 0. The molecular formula is C32H38. The predicted molar refractivity (Wildman–Crippen MR) is 142 cm³/mol. The molecule has 2 aliphatic rings. The van der Waals surface area contributed by atoms with E-state index < -0.39 is 0 Å². The average molecular weight is 423 g/mol. The molecule has 0 spiro atoms. The second-order valence-corrected chi connectivity index (χ2v) is 9.14. The van der Waals surface area contributed by atoms with Crippen LogP contribution in [0.5, 0.6) is 0 Å². The van der Waals surface area contributed by atoms with Crippen LogP contribution >= 0.6 is 0 Å². The molecule has 0 saturated heterocycles. The number of fused-ring (bicyclic) bond motifs is 2. The fourth-order valence-electron chi connectivity index (χ4n) is 4.88. The second kappa shape index (κ2) is 10.2. The van der Waals surface area contributed by atoms with E-state index in [9.17, 15) is 0 Å². The van der Waals surface area contributed by atoms with Crippen molar-refractivity contribution in [2.75, 3.05) is 0 Å². The fraction of sp³-hybridized carbons (Fsp3) is 0.312. The molecular weight excluding hydrogens is 384 g/mol. The van der Waals surface area contributed by atoms with Gasteiger partial charge >= 0.3 is 0 Å². The number of hydrogen-bond acceptors (Lipinski definition) is 0. The molecule has 3 aromatic rings. The van der Waals surface area contributed by atoms with Crippen LogP contribution < -0.4 is 0 Å². The van der Waals surface area contributed by atoms with Gasteiger partial charge in [0.15, 0.2) is 0 Å². The molecule has 0 N–H and O–H groups in total. The summed E-state index contributed by atoms with van der Waals surface area (Å²) in [5.41, 5.74) is 13.0. The number of benzene rings is 3. The Hall–Kier alpha value is -2.86. The molecule has 32 heavy (non-hydrogen) atoms. The summed E-state index contributed by atoms with van der Waals surface area (Å²) in [5, 5.41) is 0. The van der Waals surface area contributed by atoms with Crippen molar-refractivity contribution in [1.82, 2.24) is 0 Å². The Bertz CT molecular complexity index is 1120. The molecule has 0 aromatic heterocycles. The van der Waals surface area contributed by atoms with E-state index in [-0.39, 0.29) is 5.41 Å². The molecule has 0 unspecified atom stereocenters. The van der Waals surface area contributed by atoms with E-state index in [1.807, 2.05) is 32.0 Å². The summed E-state index contributed by atoms with van der Waals surface area (Å²) in [6.07, 6.45) is 7.06. The van der Waals surface area contributed by atoms with E-state index >= 15 is 0 Å². The van der Waals surface area contributed by atoms with Gasteiger partial charge in [0.25, 0.3) is 0 Å². The largest absolute Gasteiger partial charge is 0.0836 e. The van der Waals surface area contributed by atoms with Crippen LogP contribution in [0.2, 0.25) is 0 Å². The first-order valence-electron chi connectivity index (χ1n) is 12.0. The summed E-state index contributed by atoms with van der Waals surface area (Å²) in [7, 11) is 0. The quantitative estimate of drug-likeness (QED) is 0.366. The van der Waals surface area contributed by atoms with Crippen molar-refractivity contribution in [3.8, 4) is 11.1 Å². The summed E-state index contributed by atoms with van der Waals surface area (Å²) in [6, 6.07) is 23.8. The van der Waals surface area contributed by atoms with E-state index in [2.05, 4.69) is 95.3 Å². The van der Waals surface area contributed by atoms with Gasteiger partial charge in [-0.05, 0) is 78.6 Å². The van der Waals surface area contributed by atoms with E-state index in [0.717, 1.165) is 0 Å². The van der Waals surface area contributed by atoms with Gasteiger partial charge < -0.3 is 0 Å². The van der Waals surface area contributed by atoms with Crippen LogP contribution in [0.25, 0.3) is 16.7 Å². The highest BCUT2D eigenvalue weighted by Crippen LogP contribution is 2.51. The molecule has 5 rings (SSSR count). The SMILES string of the molecule is CC.Cc1ccccc1.Cc1ccccc1-c1cc2c(cc1C)C(C)(C)C1=C2C=CCC1. The lowest BCUT2D eigenvalue weighted by molar-refractivity contribution is 0.607. The zero-order chi connectivity index (χ0) is 23.3. The van der Waals surface area contributed by atoms with Gasteiger partial charge in [0.1, 0.15) is 0 Å². The van der Waals surface area contributed by atoms with Crippen molar-refractivity contribution in [3.05, 3.63) is 112 Å². The molecule has 166 valence electrons. The van der Waals surface area contributed by atoms with Crippen molar-refractivity contribution >= 4 is 5.57 Å². The molecule has 0 atom stereocenters. The van der Waals surface area contributed by atoms with Crippen molar-refractivity contribution in [1.29, 1.82) is 0 Å². The van der Waals surface area contributed by atoms with Gasteiger partial charge in [0.2, 0.25) is 0 Å². The van der Waals surface area contributed by atoms with Gasteiger partial charge in [0, 0.05) is 5.41 Å². The normalized spacial score (nSPS) is 15.1. The lowest BCUT2D eigenvalue weighted by Gasteiger charge is -2.26. The maximum Gasteiger partial charge on any atom is 0.0121 e. The second-order valence-electron chi connectivity index (χ2n) is 9.14. The Kier molecular flexibility index (Phi) is 7.56.